The molecule has 1 aliphatic carbocycles. The van der Waals surface area contributed by atoms with E-state index in [2.05, 4.69) is 18.7 Å². The predicted molar refractivity (Wildman–Crippen MR) is 56.1 cm³/mol. The summed E-state index contributed by atoms with van der Waals surface area (Å²) in [6.45, 7) is 7.00. The third kappa shape index (κ3) is 2.79. The Hall–Kier alpha value is -0.410. The Labute approximate surface area is 86.1 Å². The molecule has 82 valence electrons. The normalized spacial score (nSPS) is 28.4. The van der Waals surface area contributed by atoms with Gasteiger partial charge in [0.1, 0.15) is 6.10 Å². The highest BCUT2D eigenvalue weighted by Gasteiger charge is 2.30. The smallest absolute Gasteiger partial charge is 0.165 e. The molecule has 1 rings (SSSR count). The SMILES string of the molecule is CCN(CC)C[C@H]1CCC[C@@H](O)C1=O. The van der Waals surface area contributed by atoms with Gasteiger partial charge in [-0.2, -0.15) is 0 Å². The van der Waals surface area contributed by atoms with Crippen molar-refractivity contribution in [1.29, 1.82) is 0 Å². The van der Waals surface area contributed by atoms with Crippen LogP contribution in [0.1, 0.15) is 33.1 Å². The van der Waals surface area contributed by atoms with Crippen LogP contribution in [0.25, 0.3) is 0 Å². The van der Waals surface area contributed by atoms with Gasteiger partial charge in [-0.25, -0.2) is 0 Å². The maximum atomic E-state index is 11.6. The van der Waals surface area contributed by atoms with Gasteiger partial charge in [-0.1, -0.05) is 13.8 Å². The molecule has 3 heteroatoms. The Morgan fingerprint density at radius 3 is 2.57 bits per heavy atom. The second-order valence-electron chi connectivity index (χ2n) is 4.03. The summed E-state index contributed by atoms with van der Waals surface area (Å²) in [5.41, 5.74) is 0. The van der Waals surface area contributed by atoms with Crippen LogP contribution < -0.4 is 0 Å². The summed E-state index contributed by atoms with van der Waals surface area (Å²) in [7, 11) is 0. The van der Waals surface area contributed by atoms with Gasteiger partial charge in [0.2, 0.25) is 0 Å². The lowest BCUT2D eigenvalue weighted by Gasteiger charge is -2.29. The van der Waals surface area contributed by atoms with E-state index in [4.69, 9.17) is 0 Å². The molecule has 0 amide bonds. The topological polar surface area (TPSA) is 40.5 Å². The highest BCUT2D eigenvalue weighted by molar-refractivity contribution is 5.86. The molecule has 0 aromatic rings. The Morgan fingerprint density at radius 1 is 1.36 bits per heavy atom. The first kappa shape index (κ1) is 11.7. The lowest BCUT2D eigenvalue weighted by atomic mass is 9.85. The minimum Gasteiger partial charge on any atom is -0.385 e. The second-order valence-corrected chi connectivity index (χ2v) is 4.03. The fourth-order valence-corrected chi connectivity index (χ4v) is 2.09. The molecule has 1 aliphatic rings. The number of Topliss-reactive ketones (excluding diaryl/α,β-unsaturated/α-hetero) is 1. The number of aliphatic hydroxyl groups excluding tert-OH is 1. The standard InChI is InChI=1S/C11H21NO2/c1-3-12(4-2)8-9-6-5-7-10(13)11(9)14/h9-10,13H,3-8H2,1-2H3/t9-,10-/m1/s1. The molecule has 0 radical (unpaired) electrons. The average molecular weight is 199 g/mol. The first-order valence-corrected chi connectivity index (χ1v) is 5.63. The van der Waals surface area contributed by atoms with Crippen LogP contribution in [0.3, 0.4) is 0 Å². The van der Waals surface area contributed by atoms with E-state index >= 15 is 0 Å². The number of nitrogens with zero attached hydrogens (tertiary/aromatic N) is 1. The zero-order valence-electron chi connectivity index (χ0n) is 9.20. The highest BCUT2D eigenvalue weighted by Crippen LogP contribution is 2.21. The van der Waals surface area contributed by atoms with Gasteiger partial charge in [-0.3, -0.25) is 4.79 Å². The van der Waals surface area contributed by atoms with Crippen molar-refractivity contribution in [2.24, 2.45) is 5.92 Å². The minimum atomic E-state index is -0.690. The molecule has 1 N–H and O–H groups in total. The monoisotopic (exact) mass is 199 g/mol. The van der Waals surface area contributed by atoms with E-state index < -0.39 is 6.10 Å². The molecule has 0 heterocycles. The van der Waals surface area contributed by atoms with Crippen molar-refractivity contribution in [2.75, 3.05) is 19.6 Å². The molecule has 0 spiro atoms. The van der Waals surface area contributed by atoms with Crippen molar-refractivity contribution in [3.63, 3.8) is 0 Å². The van der Waals surface area contributed by atoms with Crippen LogP contribution in [0.15, 0.2) is 0 Å². The minimum absolute atomic E-state index is 0.0585. The molecule has 0 unspecified atom stereocenters. The zero-order chi connectivity index (χ0) is 10.6. The summed E-state index contributed by atoms with van der Waals surface area (Å²) in [6.07, 6.45) is 1.91. The Balaban J connectivity index is 2.46. The molecule has 0 aromatic carbocycles. The van der Waals surface area contributed by atoms with Crippen LogP contribution in [-0.4, -0.2) is 41.5 Å². The van der Waals surface area contributed by atoms with E-state index in [0.29, 0.717) is 6.42 Å². The largest absolute Gasteiger partial charge is 0.385 e. The summed E-state index contributed by atoms with van der Waals surface area (Å²) in [5.74, 6) is 0.127. The van der Waals surface area contributed by atoms with Crippen LogP contribution in [0.5, 0.6) is 0 Å². The molecule has 2 atom stereocenters. The van der Waals surface area contributed by atoms with Crippen molar-refractivity contribution in [2.45, 2.75) is 39.2 Å². The van der Waals surface area contributed by atoms with Gasteiger partial charge in [-0.15, -0.1) is 0 Å². The van der Waals surface area contributed by atoms with E-state index in [0.717, 1.165) is 32.5 Å². The fraction of sp³-hybridized carbons (Fsp3) is 0.909. The van der Waals surface area contributed by atoms with Crippen LogP contribution >= 0.6 is 0 Å². The van der Waals surface area contributed by atoms with Gasteiger partial charge >= 0.3 is 0 Å². The summed E-state index contributed by atoms with van der Waals surface area (Å²) in [4.78, 5) is 13.9. The van der Waals surface area contributed by atoms with E-state index in [9.17, 15) is 9.90 Å². The fourth-order valence-electron chi connectivity index (χ4n) is 2.09. The van der Waals surface area contributed by atoms with Gasteiger partial charge in [0.15, 0.2) is 5.78 Å². The predicted octanol–water partition coefficient (Wildman–Crippen LogP) is 1.06. The maximum absolute atomic E-state index is 11.6. The van der Waals surface area contributed by atoms with Crippen LogP contribution in [0, 0.1) is 5.92 Å². The molecule has 0 saturated heterocycles. The Kier molecular flexibility index (Phi) is 4.55. The number of hydrogen-bond acceptors (Lipinski definition) is 3. The van der Waals surface area contributed by atoms with Crippen LogP contribution in [-0.2, 0) is 4.79 Å². The maximum Gasteiger partial charge on any atom is 0.165 e. The van der Waals surface area contributed by atoms with Crippen molar-refractivity contribution < 1.29 is 9.90 Å². The van der Waals surface area contributed by atoms with Gasteiger partial charge in [-0.05, 0) is 32.4 Å². The molecule has 0 aliphatic heterocycles. The summed E-state index contributed by atoms with van der Waals surface area (Å²) < 4.78 is 0. The molecule has 0 bridgehead atoms. The highest BCUT2D eigenvalue weighted by atomic mass is 16.3. The first-order valence-electron chi connectivity index (χ1n) is 5.63. The van der Waals surface area contributed by atoms with Crippen molar-refractivity contribution in [3.8, 4) is 0 Å². The van der Waals surface area contributed by atoms with Gasteiger partial charge in [0.25, 0.3) is 0 Å². The molecule has 0 aromatic heterocycles. The Bertz CT molecular complexity index is 190. The summed E-state index contributed by atoms with van der Waals surface area (Å²) >= 11 is 0. The number of ketones is 1. The lowest BCUT2D eigenvalue weighted by molar-refractivity contribution is -0.134. The van der Waals surface area contributed by atoms with E-state index in [1.54, 1.807) is 0 Å². The zero-order valence-corrected chi connectivity index (χ0v) is 9.20. The third-order valence-electron chi connectivity index (χ3n) is 3.13. The number of carbonyl (C=O) groups excluding carboxylic acids is 1. The average Bonchev–Trinajstić information content (AvgIpc) is 2.20. The quantitative estimate of drug-likeness (QED) is 0.736. The lowest BCUT2D eigenvalue weighted by Crippen LogP contribution is -2.40. The van der Waals surface area contributed by atoms with Gasteiger partial charge in [0.05, 0.1) is 0 Å². The summed E-state index contributed by atoms with van der Waals surface area (Å²) in [6, 6.07) is 0. The van der Waals surface area contributed by atoms with Gasteiger partial charge < -0.3 is 10.0 Å². The molecular weight excluding hydrogens is 178 g/mol. The van der Waals surface area contributed by atoms with E-state index in [-0.39, 0.29) is 11.7 Å². The molecule has 14 heavy (non-hydrogen) atoms. The van der Waals surface area contributed by atoms with Crippen molar-refractivity contribution in [3.05, 3.63) is 0 Å². The third-order valence-corrected chi connectivity index (χ3v) is 3.13. The Morgan fingerprint density at radius 2 is 2.00 bits per heavy atom. The molecule has 1 saturated carbocycles. The number of carbonyl (C=O) groups is 1. The molecule has 1 fully saturated rings. The van der Waals surface area contributed by atoms with E-state index in [1.165, 1.54) is 0 Å². The van der Waals surface area contributed by atoms with Crippen molar-refractivity contribution >= 4 is 5.78 Å². The van der Waals surface area contributed by atoms with Crippen molar-refractivity contribution in [1.82, 2.24) is 4.90 Å². The van der Waals surface area contributed by atoms with Gasteiger partial charge in [0, 0.05) is 12.5 Å². The van der Waals surface area contributed by atoms with Crippen LogP contribution in [0.2, 0.25) is 0 Å². The van der Waals surface area contributed by atoms with E-state index in [1.807, 2.05) is 0 Å². The second kappa shape index (κ2) is 5.47. The number of hydrogen-bond donors (Lipinski definition) is 1. The number of rotatable bonds is 4. The number of aliphatic hydroxyl groups is 1. The molecule has 3 nitrogen and oxygen atoms in total. The van der Waals surface area contributed by atoms with Crippen LogP contribution in [0.4, 0.5) is 0 Å². The first-order chi connectivity index (χ1) is 6.69. The molecular formula is C11H21NO2. The summed E-state index contributed by atoms with van der Waals surface area (Å²) in [5, 5.41) is 9.44.